The Labute approximate surface area is 201 Å². The number of ether oxygens (including phenoxy) is 1. The van der Waals surface area contributed by atoms with Crippen LogP contribution >= 0.6 is 12.2 Å². The second kappa shape index (κ2) is 10.0. The van der Waals surface area contributed by atoms with E-state index >= 15 is 0 Å². The Morgan fingerprint density at radius 3 is 2.53 bits per heavy atom. The summed E-state index contributed by atoms with van der Waals surface area (Å²) in [6.07, 6.45) is 2.44. The normalized spacial score (nSPS) is 12.5. The van der Waals surface area contributed by atoms with E-state index in [1.54, 1.807) is 31.4 Å². The van der Waals surface area contributed by atoms with Crippen molar-refractivity contribution >= 4 is 18.4 Å². The van der Waals surface area contributed by atoms with Gasteiger partial charge in [-0.3, -0.25) is 9.62 Å². The van der Waals surface area contributed by atoms with Crippen LogP contribution in [0.2, 0.25) is 0 Å². The van der Waals surface area contributed by atoms with Crippen LogP contribution in [0.3, 0.4) is 0 Å². The first-order valence-corrected chi connectivity index (χ1v) is 11.4. The number of aromatic nitrogens is 5. The molecular formula is C24H27N6O3S+. The maximum atomic E-state index is 12.3. The first kappa shape index (κ1) is 23.4. The minimum Gasteiger partial charge on any atom is -0.497 e. The summed E-state index contributed by atoms with van der Waals surface area (Å²) in [6, 6.07) is 15.6. The van der Waals surface area contributed by atoms with Gasteiger partial charge in [-0.05, 0) is 57.8 Å². The molecule has 0 amide bonds. The summed E-state index contributed by atoms with van der Waals surface area (Å²) in [5.74, 6) is 1.86. The minimum absolute atomic E-state index is 0.0745. The van der Waals surface area contributed by atoms with Gasteiger partial charge in [-0.2, -0.15) is 14.9 Å². The van der Waals surface area contributed by atoms with Gasteiger partial charge in [-0.15, -0.1) is 0 Å². The van der Waals surface area contributed by atoms with E-state index in [1.165, 1.54) is 21.1 Å². The Morgan fingerprint density at radius 1 is 1.18 bits per heavy atom. The Kier molecular flexibility index (Phi) is 6.87. The van der Waals surface area contributed by atoms with Crippen LogP contribution in [0.1, 0.15) is 49.3 Å². The first-order valence-electron chi connectivity index (χ1n) is 11.0. The third kappa shape index (κ3) is 4.91. The van der Waals surface area contributed by atoms with Crippen molar-refractivity contribution in [1.29, 1.82) is 0 Å². The highest BCUT2D eigenvalue weighted by Gasteiger charge is 2.23. The van der Waals surface area contributed by atoms with E-state index in [1.807, 2.05) is 6.92 Å². The van der Waals surface area contributed by atoms with Gasteiger partial charge in [-0.1, -0.05) is 45.0 Å². The molecule has 4 rings (SSSR count). The molecule has 34 heavy (non-hydrogen) atoms. The molecule has 0 bridgehead atoms. The number of hydrogen-bond donors (Lipinski definition) is 2. The first-order chi connectivity index (χ1) is 16.4. The Hall–Kier alpha value is -3.79. The second-order valence-electron chi connectivity index (χ2n) is 8.40. The Morgan fingerprint density at radius 2 is 1.88 bits per heavy atom. The zero-order valence-electron chi connectivity index (χ0n) is 19.5. The topological polar surface area (TPSA) is 105 Å². The van der Waals surface area contributed by atoms with Gasteiger partial charge in [0.1, 0.15) is 12.0 Å². The fourth-order valence-corrected chi connectivity index (χ4v) is 3.87. The van der Waals surface area contributed by atoms with Crippen molar-refractivity contribution in [2.45, 2.75) is 33.1 Å². The van der Waals surface area contributed by atoms with Gasteiger partial charge < -0.3 is 4.74 Å². The fourth-order valence-electron chi connectivity index (χ4n) is 3.68. The number of methoxy groups -OCH3 is 1. The third-order valence-electron chi connectivity index (χ3n) is 5.49. The summed E-state index contributed by atoms with van der Waals surface area (Å²) in [4.78, 5) is 12.3. The van der Waals surface area contributed by atoms with Crippen LogP contribution < -0.4 is 15.0 Å². The van der Waals surface area contributed by atoms with E-state index in [0.717, 1.165) is 12.0 Å². The molecule has 0 radical (unpaired) electrons. The lowest BCUT2D eigenvalue weighted by atomic mass is 9.96. The van der Waals surface area contributed by atoms with Gasteiger partial charge in [0.15, 0.2) is 5.82 Å². The molecular weight excluding hydrogens is 452 g/mol. The van der Waals surface area contributed by atoms with Gasteiger partial charge in [-0.25, -0.2) is 4.79 Å². The number of nitrogens with zero attached hydrogens (tertiary/aromatic N) is 4. The van der Waals surface area contributed by atoms with Crippen molar-refractivity contribution in [3.05, 3.63) is 86.4 Å². The average Bonchev–Trinajstić information content (AvgIpc) is 3.39. The van der Waals surface area contributed by atoms with Crippen molar-refractivity contribution in [2.24, 2.45) is 11.0 Å². The number of rotatable bonds is 8. The highest BCUT2D eigenvalue weighted by atomic mass is 32.1. The number of aromatic amines is 2. The second-order valence-corrected chi connectivity index (χ2v) is 8.79. The third-order valence-corrected chi connectivity index (χ3v) is 5.76. The molecule has 0 aliphatic carbocycles. The smallest absolute Gasteiger partial charge is 0.436 e. The quantitative estimate of drug-likeness (QED) is 0.228. The van der Waals surface area contributed by atoms with Crippen LogP contribution in [0.15, 0.2) is 62.9 Å². The molecule has 2 aromatic heterocycles. The summed E-state index contributed by atoms with van der Waals surface area (Å²) >= 11 is 5.39. The summed E-state index contributed by atoms with van der Waals surface area (Å²) in [6.45, 7) is 6.45. The van der Waals surface area contributed by atoms with Gasteiger partial charge in [0.25, 0.3) is 0 Å². The van der Waals surface area contributed by atoms with Crippen molar-refractivity contribution in [3.63, 3.8) is 0 Å². The minimum atomic E-state index is -0.565. The maximum Gasteiger partial charge on any atom is 0.436 e. The van der Waals surface area contributed by atoms with Crippen LogP contribution in [0.5, 0.6) is 5.75 Å². The van der Waals surface area contributed by atoms with Crippen LogP contribution in [-0.2, 0) is 6.42 Å². The Balaban J connectivity index is 1.64. The van der Waals surface area contributed by atoms with Crippen molar-refractivity contribution in [3.8, 4) is 11.4 Å². The molecule has 0 saturated carbocycles. The SMILES string of the molecule is COc1ccc(-[n+]2[nH]oc(=O)c2/C=N/n2c(C(C)c3ccc(CC(C)C)cc3)n[nH]c2=S)cc1. The number of hydrogen-bond acceptors (Lipinski definition) is 6. The van der Waals surface area contributed by atoms with E-state index < -0.39 is 5.63 Å². The van der Waals surface area contributed by atoms with Crippen molar-refractivity contribution in [1.82, 2.24) is 20.1 Å². The predicted octanol–water partition coefficient (Wildman–Crippen LogP) is 3.74. The summed E-state index contributed by atoms with van der Waals surface area (Å²) in [5.41, 5.74) is 2.70. The molecule has 0 fully saturated rings. The molecule has 0 aliphatic heterocycles. The van der Waals surface area contributed by atoms with Crippen LogP contribution in [-0.4, -0.2) is 33.5 Å². The van der Waals surface area contributed by atoms with Gasteiger partial charge in [0.05, 0.1) is 7.11 Å². The van der Waals surface area contributed by atoms with E-state index in [2.05, 4.69) is 58.7 Å². The lowest BCUT2D eigenvalue weighted by Crippen LogP contribution is -2.38. The molecule has 2 N–H and O–H groups in total. The zero-order chi connectivity index (χ0) is 24.2. The molecule has 9 nitrogen and oxygen atoms in total. The predicted molar refractivity (Wildman–Crippen MR) is 130 cm³/mol. The molecule has 10 heteroatoms. The van der Waals surface area contributed by atoms with Crippen molar-refractivity contribution < 1.29 is 13.9 Å². The molecule has 2 aromatic carbocycles. The molecule has 0 spiro atoms. The lowest BCUT2D eigenvalue weighted by molar-refractivity contribution is -0.671. The summed E-state index contributed by atoms with van der Waals surface area (Å²) in [7, 11) is 1.59. The maximum absolute atomic E-state index is 12.3. The standard InChI is InChI=1S/C24H26N6O3S/c1-15(2)13-17-5-7-18(8-6-17)16(3)22-26-27-24(34)30(22)25-14-21-23(31)33-28-29(21)19-9-11-20(32-4)12-10-19/h5-12,14-16H,13H2,1-4H3,(H-,25,27,28,31,34)/p+1. The zero-order valence-corrected chi connectivity index (χ0v) is 20.3. The molecule has 4 aromatic rings. The van der Waals surface area contributed by atoms with Crippen LogP contribution in [0, 0.1) is 10.7 Å². The lowest BCUT2D eigenvalue weighted by Gasteiger charge is -2.12. The highest BCUT2D eigenvalue weighted by molar-refractivity contribution is 7.71. The molecule has 176 valence electrons. The fraction of sp³-hybridized carbons (Fsp3) is 0.292. The Bertz CT molecular complexity index is 1390. The number of H-pyrrole nitrogens is 2. The van der Waals surface area contributed by atoms with E-state index in [9.17, 15) is 4.79 Å². The molecule has 2 heterocycles. The van der Waals surface area contributed by atoms with Gasteiger partial charge >= 0.3 is 11.3 Å². The monoisotopic (exact) mass is 479 g/mol. The van der Waals surface area contributed by atoms with E-state index in [0.29, 0.717) is 28.0 Å². The largest absolute Gasteiger partial charge is 0.497 e. The molecule has 1 unspecified atom stereocenters. The molecule has 0 aliphatic rings. The van der Waals surface area contributed by atoms with Crippen LogP contribution in [0.25, 0.3) is 5.69 Å². The highest BCUT2D eigenvalue weighted by Crippen LogP contribution is 2.23. The molecule has 0 saturated heterocycles. The number of benzene rings is 2. The van der Waals surface area contributed by atoms with Gasteiger partial charge in [0.2, 0.25) is 10.5 Å². The molecule has 1 atom stereocenters. The summed E-state index contributed by atoms with van der Waals surface area (Å²) < 4.78 is 13.5. The van der Waals surface area contributed by atoms with E-state index in [-0.39, 0.29) is 11.6 Å². The summed E-state index contributed by atoms with van der Waals surface area (Å²) in [5, 5.41) is 14.2. The van der Waals surface area contributed by atoms with Gasteiger partial charge in [0, 0.05) is 18.1 Å². The van der Waals surface area contributed by atoms with E-state index in [4.69, 9.17) is 21.5 Å². The van der Waals surface area contributed by atoms with Crippen molar-refractivity contribution in [2.75, 3.05) is 7.11 Å². The average molecular weight is 480 g/mol. The number of nitrogens with one attached hydrogen (secondary N) is 2. The van der Waals surface area contributed by atoms with Crippen LogP contribution in [0.4, 0.5) is 0 Å².